The lowest BCUT2D eigenvalue weighted by atomic mass is 10.8. The van der Waals surface area contributed by atoms with Gasteiger partial charge in [-0.15, -0.1) is 0 Å². The Kier molecular flexibility index (Phi) is 4.40. The highest BCUT2D eigenvalue weighted by atomic mass is 35.5. The average molecular weight is 164 g/mol. The SMILES string of the molecule is CN(C)/C=N\C(Cl)N(C)C. The van der Waals surface area contributed by atoms with E-state index in [1.54, 1.807) is 6.34 Å². The van der Waals surface area contributed by atoms with E-state index in [0.717, 1.165) is 0 Å². The Morgan fingerprint density at radius 1 is 1.30 bits per heavy atom. The first kappa shape index (κ1) is 9.72. The van der Waals surface area contributed by atoms with Crippen LogP contribution in [0.15, 0.2) is 4.99 Å². The van der Waals surface area contributed by atoms with Crippen molar-refractivity contribution in [1.29, 1.82) is 0 Å². The van der Waals surface area contributed by atoms with E-state index in [1.807, 2.05) is 38.0 Å². The summed E-state index contributed by atoms with van der Waals surface area (Å²) in [6, 6.07) is 0. The predicted molar refractivity (Wildman–Crippen MR) is 45.5 cm³/mol. The summed E-state index contributed by atoms with van der Waals surface area (Å²) in [5.41, 5.74) is -0.262. The Hall–Kier alpha value is -0.280. The van der Waals surface area contributed by atoms with Gasteiger partial charge in [0, 0.05) is 14.1 Å². The van der Waals surface area contributed by atoms with Gasteiger partial charge in [-0.1, -0.05) is 11.6 Å². The second-order valence-corrected chi connectivity index (χ2v) is 2.89. The van der Waals surface area contributed by atoms with Crippen molar-refractivity contribution >= 4 is 17.9 Å². The van der Waals surface area contributed by atoms with Crippen LogP contribution in [0, 0.1) is 0 Å². The normalized spacial score (nSPS) is 14.6. The number of hydrogen-bond donors (Lipinski definition) is 0. The fourth-order valence-corrected chi connectivity index (χ4v) is 0.372. The van der Waals surface area contributed by atoms with Gasteiger partial charge in [0.2, 0.25) is 0 Å². The van der Waals surface area contributed by atoms with Crippen LogP contribution in [0.3, 0.4) is 0 Å². The summed E-state index contributed by atoms with van der Waals surface area (Å²) in [4.78, 5) is 7.68. The summed E-state index contributed by atoms with van der Waals surface area (Å²) in [7, 11) is 7.57. The Morgan fingerprint density at radius 3 is 2.10 bits per heavy atom. The maximum atomic E-state index is 5.76. The van der Waals surface area contributed by atoms with E-state index in [1.165, 1.54) is 0 Å². The highest BCUT2D eigenvalue weighted by molar-refractivity contribution is 6.20. The van der Waals surface area contributed by atoms with Crippen molar-refractivity contribution in [2.45, 2.75) is 5.62 Å². The zero-order chi connectivity index (χ0) is 8.15. The third kappa shape index (κ3) is 4.58. The smallest absolute Gasteiger partial charge is 0.179 e. The van der Waals surface area contributed by atoms with Crippen LogP contribution in [0.5, 0.6) is 0 Å². The first-order valence-corrected chi connectivity index (χ1v) is 3.48. The number of hydrogen-bond acceptors (Lipinski definition) is 2. The fourth-order valence-electron chi connectivity index (χ4n) is 0.322. The van der Waals surface area contributed by atoms with E-state index >= 15 is 0 Å². The summed E-state index contributed by atoms with van der Waals surface area (Å²) in [5.74, 6) is 0. The molecule has 0 aromatic rings. The van der Waals surface area contributed by atoms with Gasteiger partial charge >= 0.3 is 0 Å². The van der Waals surface area contributed by atoms with E-state index in [9.17, 15) is 0 Å². The summed E-state index contributed by atoms with van der Waals surface area (Å²) in [5, 5.41) is 0. The van der Waals surface area contributed by atoms with E-state index in [0.29, 0.717) is 0 Å². The van der Waals surface area contributed by atoms with Crippen LogP contribution in [0.25, 0.3) is 0 Å². The Balaban J connectivity index is 3.66. The molecule has 1 atom stereocenters. The molecule has 0 fully saturated rings. The average Bonchev–Trinajstić information content (AvgIpc) is 1.82. The van der Waals surface area contributed by atoms with Gasteiger partial charge in [-0.2, -0.15) is 0 Å². The molecular formula is C6H14ClN3. The monoisotopic (exact) mass is 163 g/mol. The molecule has 0 radical (unpaired) electrons. The van der Waals surface area contributed by atoms with Crippen molar-refractivity contribution in [2.24, 2.45) is 4.99 Å². The molecule has 0 aliphatic heterocycles. The van der Waals surface area contributed by atoms with Crippen LogP contribution in [-0.4, -0.2) is 50.0 Å². The van der Waals surface area contributed by atoms with Crippen LogP contribution in [-0.2, 0) is 0 Å². The van der Waals surface area contributed by atoms with Gasteiger partial charge in [0.1, 0.15) is 0 Å². The van der Waals surface area contributed by atoms with Crippen LogP contribution in [0.2, 0.25) is 0 Å². The standard InChI is InChI=1S/C6H14ClN3/c1-9(2)5-8-6(7)10(3)4/h5-6H,1-4H3/b8-5-. The molecule has 0 rings (SSSR count). The molecular weight excluding hydrogens is 150 g/mol. The topological polar surface area (TPSA) is 18.8 Å². The van der Waals surface area contributed by atoms with Gasteiger partial charge in [0.15, 0.2) is 5.62 Å². The molecule has 10 heavy (non-hydrogen) atoms. The lowest BCUT2D eigenvalue weighted by molar-refractivity contribution is 0.384. The minimum atomic E-state index is -0.262. The number of aliphatic imine (C=N–C) groups is 1. The number of nitrogens with zero attached hydrogens (tertiary/aromatic N) is 3. The second kappa shape index (κ2) is 4.52. The lowest BCUT2D eigenvalue weighted by Crippen LogP contribution is -2.21. The van der Waals surface area contributed by atoms with E-state index < -0.39 is 0 Å². The highest BCUT2D eigenvalue weighted by Gasteiger charge is 2.00. The Morgan fingerprint density at radius 2 is 1.80 bits per heavy atom. The van der Waals surface area contributed by atoms with Crippen molar-refractivity contribution in [1.82, 2.24) is 9.80 Å². The van der Waals surface area contributed by atoms with E-state index in [4.69, 9.17) is 11.6 Å². The number of rotatable bonds is 3. The molecule has 0 aromatic carbocycles. The molecule has 60 valence electrons. The van der Waals surface area contributed by atoms with Gasteiger partial charge < -0.3 is 4.90 Å². The van der Waals surface area contributed by atoms with Gasteiger partial charge in [0.05, 0.1) is 6.34 Å². The van der Waals surface area contributed by atoms with Crippen molar-refractivity contribution in [2.75, 3.05) is 28.2 Å². The number of halogens is 1. The largest absolute Gasteiger partial charge is 0.369 e. The summed E-state index contributed by atoms with van der Waals surface area (Å²) >= 11 is 5.76. The van der Waals surface area contributed by atoms with Crippen molar-refractivity contribution in [3.8, 4) is 0 Å². The molecule has 0 spiro atoms. The van der Waals surface area contributed by atoms with Crippen molar-refractivity contribution < 1.29 is 0 Å². The zero-order valence-electron chi connectivity index (χ0n) is 6.87. The molecule has 0 aromatic heterocycles. The Bertz CT molecular complexity index is 112. The maximum absolute atomic E-state index is 5.76. The molecule has 1 unspecified atom stereocenters. The van der Waals surface area contributed by atoms with Gasteiger partial charge in [-0.05, 0) is 14.1 Å². The van der Waals surface area contributed by atoms with Gasteiger partial charge in [-0.3, -0.25) is 4.90 Å². The molecule has 0 aliphatic carbocycles. The first-order chi connectivity index (χ1) is 4.54. The first-order valence-electron chi connectivity index (χ1n) is 3.04. The minimum absolute atomic E-state index is 0.262. The molecule has 3 nitrogen and oxygen atoms in total. The zero-order valence-corrected chi connectivity index (χ0v) is 7.63. The number of alkyl halides is 1. The maximum Gasteiger partial charge on any atom is 0.179 e. The third-order valence-electron chi connectivity index (χ3n) is 0.847. The molecule has 0 heterocycles. The molecule has 0 aliphatic rings. The highest BCUT2D eigenvalue weighted by Crippen LogP contribution is 1.98. The van der Waals surface area contributed by atoms with Crippen LogP contribution in [0.1, 0.15) is 0 Å². The van der Waals surface area contributed by atoms with Crippen molar-refractivity contribution in [3.05, 3.63) is 0 Å². The third-order valence-corrected chi connectivity index (χ3v) is 1.35. The summed E-state index contributed by atoms with van der Waals surface area (Å²) in [6.07, 6.45) is 1.69. The van der Waals surface area contributed by atoms with Gasteiger partial charge in [-0.25, -0.2) is 4.99 Å². The van der Waals surface area contributed by atoms with Crippen LogP contribution in [0.4, 0.5) is 0 Å². The molecule has 0 saturated carbocycles. The fraction of sp³-hybridized carbons (Fsp3) is 0.833. The molecule has 0 N–H and O–H groups in total. The van der Waals surface area contributed by atoms with E-state index in [2.05, 4.69) is 4.99 Å². The predicted octanol–water partition coefficient (Wildman–Crippen LogP) is 0.660. The summed E-state index contributed by atoms with van der Waals surface area (Å²) < 4.78 is 0. The van der Waals surface area contributed by atoms with E-state index in [-0.39, 0.29) is 5.62 Å². The molecule has 0 bridgehead atoms. The molecule has 4 heteroatoms. The van der Waals surface area contributed by atoms with Crippen LogP contribution >= 0.6 is 11.6 Å². The van der Waals surface area contributed by atoms with Crippen molar-refractivity contribution in [3.63, 3.8) is 0 Å². The Labute approximate surface area is 67.3 Å². The second-order valence-electron chi connectivity index (χ2n) is 2.50. The molecule has 0 amide bonds. The minimum Gasteiger partial charge on any atom is -0.369 e. The summed E-state index contributed by atoms with van der Waals surface area (Å²) in [6.45, 7) is 0. The van der Waals surface area contributed by atoms with Gasteiger partial charge in [0.25, 0.3) is 0 Å². The quantitative estimate of drug-likeness (QED) is 0.264. The molecule has 0 saturated heterocycles. The lowest BCUT2D eigenvalue weighted by Gasteiger charge is -2.13. The van der Waals surface area contributed by atoms with Crippen LogP contribution < -0.4 is 0 Å².